The Morgan fingerprint density at radius 2 is 2.22 bits per heavy atom. The van der Waals surface area contributed by atoms with E-state index in [1.165, 1.54) is 10.7 Å². The van der Waals surface area contributed by atoms with Crippen LogP contribution in [0, 0.1) is 0 Å². The van der Waals surface area contributed by atoms with Crippen molar-refractivity contribution < 1.29 is 4.79 Å². The van der Waals surface area contributed by atoms with Crippen molar-refractivity contribution in [1.82, 2.24) is 34.3 Å². The van der Waals surface area contributed by atoms with Gasteiger partial charge in [0.25, 0.3) is 5.91 Å². The Morgan fingerprint density at radius 3 is 3.04 bits per heavy atom. The van der Waals surface area contributed by atoms with Crippen molar-refractivity contribution in [3.63, 3.8) is 0 Å². The van der Waals surface area contributed by atoms with Crippen LogP contribution in [0.2, 0.25) is 5.02 Å². The first-order valence-corrected chi connectivity index (χ1v) is 9.71. The van der Waals surface area contributed by atoms with Gasteiger partial charge < -0.3 is 9.47 Å². The van der Waals surface area contributed by atoms with E-state index in [1.54, 1.807) is 28.5 Å². The second-order valence-electron chi connectivity index (χ2n) is 6.32. The highest BCUT2D eigenvalue weighted by atomic mass is 35.5. The van der Waals surface area contributed by atoms with Crippen molar-refractivity contribution in [2.45, 2.75) is 19.5 Å². The number of amides is 1. The SMILES string of the molecule is CC1c2nnc(-c3ccsc3)n2CCN1C(=O)c1cc2ncc(Cl)cn2n1. The topological polar surface area (TPSA) is 81.2 Å². The number of rotatable bonds is 2. The molecule has 4 aromatic rings. The zero-order valence-electron chi connectivity index (χ0n) is 14.3. The average molecular weight is 400 g/mol. The third-order valence-electron chi connectivity index (χ3n) is 4.73. The highest BCUT2D eigenvalue weighted by Crippen LogP contribution is 2.30. The fourth-order valence-corrected chi connectivity index (χ4v) is 4.15. The fraction of sp³-hybridized carbons (Fsp3) is 0.235. The molecule has 0 saturated carbocycles. The van der Waals surface area contributed by atoms with E-state index in [9.17, 15) is 4.79 Å². The molecule has 0 aromatic carbocycles. The lowest BCUT2D eigenvalue weighted by Gasteiger charge is -2.33. The number of thiophene rings is 1. The Morgan fingerprint density at radius 1 is 1.33 bits per heavy atom. The van der Waals surface area contributed by atoms with Gasteiger partial charge in [-0.2, -0.15) is 16.4 Å². The van der Waals surface area contributed by atoms with Crippen LogP contribution in [-0.4, -0.2) is 46.7 Å². The molecule has 0 N–H and O–H groups in total. The zero-order valence-corrected chi connectivity index (χ0v) is 15.9. The molecule has 0 aliphatic carbocycles. The van der Waals surface area contributed by atoms with Gasteiger partial charge in [-0.15, -0.1) is 10.2 Å². The summed E-state index contributed by atoms with van der Waals surface area (Å²) in [6.07, 6.45) is 3.16. The van der Waals surface area contributed by atoms with E-state index in [-0.39, 0.29) is 11.9 Å². The number of fused-ring (bicyclic) bond motifs is 2. The normalized spacial score (nSPS) is 16.7. The van der Waals surface area contributed by atoms with Crippen LogP contribution >= 0.6 is 22.9 Å². The van der Waals surface area contributed by atoms with Gasteiger partial charge in [0.05, 0.1) is 17.3 Å². The van der Waals surface area contributed by atoms with Crippen molar-refractivity contribution in [3.8, 4) is 11.4 Å². The van der Waals surface area contributed by atoms with Crippen LogP contribution in [0.25, 0.3) is 17.0 Å². The third-order valence-corrected chi connectivity index (χ3v) is 5.60. The zero-order chi connectivity index (χ0) is 18.5. The number of aromatic nitrogens is 6. The van der Waals surface area contributed by atoms with Gasteiger partial charge in [0, 0.05) is 36.3 Å². The molecule has 1 atom stereocenters. The summed E-state index contributed by atoms with van der Waals surface area (Å²) in [4.78, 5) is 19.0. The second kappa shape index (κ2) is 6.14. The van der Waals surface area contributed by atoms with E-state index < -0.39 is 0 Å². The van der Waals surface area contributed by atoms with Crippen LogP contribution in [0.5, 0.6) is 0 Å². The molecule has 4 aromatic heterocycles. The number of carbonyl (C=O) groups is 1. The minimum atomic E-state index is -0.201. The van der Waals surface area contributed by atoms with Gasteiger partial charge >= 0.3 is 0 Å². The Bertz CT molecular complexity index is 1150. The molecule has 0 saturated heterocycles. The molecule has 0 bridgehead atoms. The minimum Gasteiger partial charge on any atom is -0.325 e. The minimum absolute atomic E-state index is 0.157. The number of hydrogen-bond acceptors (Lipinski definition) is 6. The molecule has 0 spiro atoms. The van der Waals surface area contributed by atoms with E-state index in [0.717, 1.165) is 17.2 Å². The molecule has 8 nitrogen and oxygen atoms in total. The summed E-state index contributed by atoms with van der Waals surface area (Å²) < 4.78 is 3.60. The van der Waals surface area contributed by atoms with E-state index in [1.807, 2.05) is 23.8 Å². The largest absolute Gasteiger partial charge is 0.325 e. The molecule has 5 rings (SSSR count). The highest BCUT2D eigenvalue weighted by Gasteiger charge is 2.33. The van der Waals surface area contributed by atoms with Crippen molar-refractivity contribution in [2.24, 2.45) is 0 Å². The van der Waals surface area contributed by atoms with Gasteiger partial charge in [-0.05, 0) is 18.4 Å². The Labute approximate surface area is 163 Å². The lowest BCUT2D eigenvalue weighted by molar-refractivity contribution is 0.0632. The van der Waals surface area contributed by atoms with Crippen molar-refractivity contribution >= 4 is 34.5 Å². The smallest absolute Gasteiger partial charge is 0.275 e. The Balaban J connectivity index is 1.47. The summed E-state index contributed by atoms with van der Waals surface area (Å²) in [6, 6.07) is 3.49. The standard InChI is InChI=1S/C17H14ClN7OS/c1-10-15-20-21-16(11-2-5-27-9-11)24(15)4-3-23(10)17(26)13-6-14-19-7-12(18)8-25(14)22-13/h2,5-10H,3-4H2,1H3. The highest BCUT2D eigenvalue weighted by molar-refractivity contribution is 7.08. The molecule has 5 heterocycles. The van der Waals surface area contributed by atoms with E-state index in [2.05, 4.69) is 24.8 Å². The first kappa shape index (κ1) is 16.4. The van der Waals surface area contributed by atoms with Crippen molar-refractivity contribution in [2.75, 3.05) is 6.54 Å². The van der Waals surface area contributed by atoms with E-state index in [0.29, 0.717) is 29.5 Å². The van der Waals surface area contributed by atoms with E-state index in [4.69, 9.17) is 11.6 Å². The van der Waals surface area contributed by atoms with E-state index >= 15 is 0 Å². The maximum atomic E-state index is 13.0. The molecular weight excluding hydrogens is 386 g/mol. The summed E-state index contributed by atoms with van der Waals surface area (Å²) in [5, 5.41) is 17.5. The maximum Gasteiger partial charge on any atom is 0.275 e. The van der Waals surface area contributed by atoms with Crippen LogP contribution in [0.15, 0.2) is 35.3 Å². The van der Waals surface area contributed by atoms with Gasteiger partial charge in [-0.25, -0.2) is 9.50 Å². The number of nitrogens with zero attached hydrogens (tertiary/aromatic N) is 7. The first-order chi connectivity index (χ1) is 13.1. The molecule has 1 unspecified atom stereocenters. The molecule has 136 valence electrons. The molecule has 27 heavy (non-hydrogen) atoms. The molecule has 1 aliphatic rings. The second-order valence-corrected chi connectivity index (χ2v) is 7.54. The quantitative estimate of drug-likeness (QED) is 0.517. The lowest BCUT2D eigenvalue weighted by atomic mass is 10.2. The van der Waals surface area contributed by atoms with Gasteiger partial charge in [-0.3, -0.25) is 4.79 Å². The lowest BCUT2D eigenvalue weighted by Crippen LogP contribution is -2.41. The molecular formula is C17H14ClN7OS. The monoisotopic (exact) mass is 399 g/mol. The van der Waals surface area contributed by atoms with Gasteiger partial charge in [0.1, 0.15) is 0 Å². The fourth-order valence-electron chi connectivity index (χ4n) is 3.37. The molecule has 1 aliphatic heterocycles. The van der Waals surface area contributed by atoms with Crippen molar-refractivity contribution in [1.29, 1.82) is 0 Å². The first-order valence-electron chi connectivity index (χ1n) is 8.39. The third kappa shape index (κ3) is 2.62. The predicted octanol–water partition coefficient (Wildman–Crippen LogP) is 2.92. The predicted molar refractivity (Wildman–Crippen MR) is 101 cm³/mol. The average Bonchev–Trinajstić information content (AvgIpc) is 3.39. The summed E-state index contributed by atoms with van der Waals surface area (Å²) in [5.74, 6) is 1.47. The van der Waals surface area contributed by atoms with Crippen LogP contribution in [0.4, 0.5) is 0 Å². The van der Waals surface area contributed by atoms with Crippen LogP contribution in [-0.2, 0) is 6.54 Å². The van der Waals surface area contributed by atoms with Crippen LogP contribution in [0.3, 0.4) is 0 Å². The summed E-state index contributed by atoms with van der Waals surface area (Å²) in [6.45, 7) is 3.16. The number of carbonyl (C=O) groups excluding carboxylic acids is 1. The summed E-state index contributed by atoms with van der Waals surface area (Å²) in [5.41, 5.74) is 1.96. The molecule has 0 fully saturated rings. The Hall–Kier alpha value is -2.78. The summed E-state index contributed by atoms with van der Waals surface area (Å²) in [7, 11) is 0. The maximum absolute atomic E-state index is 13.0. The van der Waals surface area contributed by atoms with Gasteiger partial charge in [-0.1, -0.05) is 11.6 Å². The molecule has 0 radical (unpaired) electrons. The Kier molecular flexibility index (Phi) is 3.73. The van der Waals surface area contributed by atoms with Gasteiger partial charge in [0.2, 0.25) is 0 Å². The van der Waals surface area contributed by atoms with Crippen LogP contribution in [0.1, 0.15) is 29.3 Å². The van der Waals surface area contributed by atoms with Gasteiger partial charge in [0.15, 0.2) is 23.0 Å². The molecule has 1 amide bonds. The summed E-state index contributed by atoms with van der Waals surface area (Å²) >= 11 is 7.57. The number of hydrogen-bond donors (Lipinski definition) is 0. The van der Waals surface area contributed by atoms with Crippen LogP contribution < -0.4 is 0 Å². The molecule has 10 heteroatoms. The number of halogens is 1. The van der Waals surface area contributed by atoms with Crippen molar-refractivity contribution in [3.05, 3.63) is 51.8 Å².